The van der Waals surface area contributed by atoms with Crippen molar-refractivity contribution in [1.29, 1.82) is 0 Å². The SMILES string of the molecule is CCN(C)c1nc2nc[nH]c2c(=O)[nH]1. The number of hydrogen-bond donors (Lipinski definition) is 2. The topological polar surface area (TPSA) is 77.7 Å². The molecule has 0 aromatic carbocycles. The van der Waals surface area contributed by atoms with E-state index < -0.39 is 0 Å². The summed E-state index contributed by atoms with van der Waals surface area (Å²) in [5, 5.41) is 0. The van der Waals surface area contributed by atoms with Crippen LogP contribution in [0.4, 0.5) is 5.95 Å². The monoisotopic (exact) mass is 193 g/mol. The first kappa shape index (κ1) is 8.74. The van der Waals surface area contributed by atoms with E-state index in [1.165, 1.54) is 6.33 Å². The zero-order chi connectivity index (χ0) is 10.1. The maximum absolute atomic E-state index is 11.5. The van der Waals surface area contributed by atoms with Gasteiger partial charge in [-0.3, -0.25) is 9.78 Å². The van der Waals surface area contributed by atoms with Gasteiger partial charge in [-0.2, -0.15) is 4.98 Å². The molecule has 2 aromatic heterocycles. The summed E-state index contributed by atoms with van der Waals surface area (Å²) >= 11 is 0. The van der Waals surface area contributed by atoms with E-state index in [4.69, 9.17) is 0 Å². The Bertz CT molecular complexity index is 500. The predicted octanol–water partition coefficient (Wildman–Crippen LogP) is 0.102. The van der Waals surface area contributed by atoms with Crippen molar-refractivity contribution in [3.63, 3.8) is 0 Å². The summed E-state index contributed by atoms with van der Waals surface area (Å²) < 4.78 is 0. The first-order valence-corrected chi connectivity index (χ1v) is 4.37. The number of nitrogens with zero attached hydrogens (tertiary/aromatic N) is 3. The van der Waals surface area contributed by atoms with Crippen LogP contribution in [-0.2, 0) is 0 Å². The fraction of sp³-hybridized carbons (Fsp3) is 0.375. The van der Waals surface area contributed by atoms with Gasteiger partial charge in [0, 0.05) is 13.6 Å². The molecule has 2 aromatic rings. The van der Waals surface area contributed by atoms with Gasteiger partial charge in [-0.05, 0) is 6.92 Å². The van der Waals surface area contributed by atoms with Crippen LogP contribution in [0.15, 0.2) is 11.1 Å². The molecule has 0 saturated heterocycles. The fourth-order valence-electron chi connectivity index (χ4n) is 1.16. The molecule has 2 N–H and O–H groups in total. The number of rotatable bonds is 2. The summed E-state index contributed by atoms with van der Waals surface area (Å²) in [6, 6.07) is 0. The molecule has 0 amide bonds. The number of aromatic amines is 2. The van der Waals surface area contributed by atoms with Crippen molar-refractivity contribution >= 4 is 17.1 Å². The second-order valence-corrected chi connectivity index (χ2v) is 3.00. The maximum Gasteiger partial charge on any atom is 0.278 e. The van der Waals surface area contributed by atoms with Crippen LogP contribution in [0.25, 0.3) is 11.2 Å². The Morgan fingerprint density at radius 1 is 1.57 bits per heavy atom. The minimum absolute atomic E-state index is 0.192. The molecule has 0 aliphatic rings. The first-order chi connectivity index (χ1) is 6.72. The van der Waals surface area contributed by atoms with Gasteiger partial charge in [-0.15, -0.1) is 0 Å². The van der Waals surface area contributed by atoms with Crippen LogP contribution >= 0.6 is 0 Å². The molecule has 2 rings (SSSR count). The summed E-state index contributed by atoms with van der Waals surface area (Å²) in [4.78, 5) is 26.9. The number of aromatic nitrogens is 4. The summed E-state index contributed by atoms with van der Waals surface area (Å²) in [7, 11) is 1.86. The van der Waals surface area contributed by atoms with Crippen LogP contribution in [0, 0.1) is 0 Å². The molecule has 0 unspecified atom stereocenters. The van der Waals surface area contributed by atoms with Crippen LogP contribution in [0.3, 0.4) is 0 Å². The third-order valence-electron chi connectivity index (χ3n) is 2.12. The van der Waals surface area contributed by atoms with Gasteiger partial charge in [0.1, 0.15) is 0 Å². The standard InChI is InChI=1S/C8H11N5O/c1-3-13(2)8-11-6-5(7(14)12-8)9-4-10-6/h4H,3H2,1-2H3,(H2,9,10,11,12,14). The van der Waals surface area contributed by atoms with E-state index in [9.17, 15) is 4.79 Å². The zero-order valence-electron chi connectivity index (χ0n) is 8.03. The molecule has 14 heavy (non-hydrogen) atoms. The summed E-state index contributed by atoms with van der Waals surface area (Å²) in [6.07, 6.45) is 1.46. The number of imidazole rings is 1. The van der Waals surface area contributed by atoms with Crippen LogP contribution in [0.5, 0.6) is 0 Å². The first-order valence-electron chi connectivity index (χ1n) is 4.37. The van der Waals surface area contributed by atoms with Crippen molar-refractivity contribution in [2.24, 2.45) is 0 Å². The van der Waals surface area contributed by atoms with Crippen LogP contribution < -0.4 is 10.5 Å². The quantitative estimate of drug-likeness (QED) is 0.709. The van der Waals surface area contributed by atoms with Crippen LogP contribution in [0.1, 0.15) is 6.92 Å². The molecular formula is C8H11N5O. The van der Waals surface area contributed by atoms with Gasteiger partial charge < -0.3 is 9.88 Å². The van der Waals surface area contributed by atoms with Crippen molar-refractivity contribution in [3.8, 4) is 0 Å². The van der Waals surface area contributed by atoms with Gasteiger partial charge >= 0.3 is 0 Å². The van der Waals surface area contributed by atoms with E-state index in [0.717, 1.165) is 6.54 Å². The van der Waals surface area contributed by atoms with Crippen LogP contribution in [-0.4, -0.2) is 33.5 Å². The maximum atomic E-state index is 11.5. The Kier molecular flexibility index (Phi) is 1.95. The predicted molar refractivity (Wildman–Crippen MR) is 53.5 cm³/mol. The molecule has 2 heterocycles. The number of fused-ring (bicyclic) bond motifs is 1. The second-order valence-electron chi connectivity index (χ2n) is 3.00. The van der Waals surface area contributed by atoms with Crippen molar-refractivity contribution < 1.29 is 0 Å². The van der Waals surface area contributed by atoms with Gasteiger partial charge in [0.25, 0.3) is 5.56 Å². The average Bonchev–Trinajstić information content (AvgIpc) is 2.64. The van der Waals surface area contributed by atoms with Crippen LogP contribution in [0.2, 0.25) is 0 Å². The van der Waals surface area contributed by atoms with Gasteiger partial charge in [-0.25, -0.2) is 4.98 Å². The number of H-pyrrole nitrogens is 2. The lowest BCUT2D eigenvalue weighted by Crippen LogP contribution is -2.22. The molecule has 6 nitrogen and oxygen atoms in total. The highest BCUT2D eigenvalue weighted by molar-refractivity contribution is 5.69. The zero-order valence-corrected chi connectivity index (χ0v) is 8.03. The molecule has 0 bridgehead atoms. The van der Waals surface area contributed by atoms with E-state index in [-0.39, 0.29) is 5.56 Å². The minimum Gasteiger partial charge on any atom is -0.346 e. The molecule has 0 aliphatic heterocycles. The lowest BCUT2D eigenvalue weighted by Gasteiger charge is -2.13. The van der Waals surface area contributed by atoms with E-state index in [2.05, 4.69) is 19.9 Å². The largest absolute Gasteiger partial charge is 0.346 e. The highest BCUT2D eigenvalue weighted by Gasteiger charge is 2.07. The Labute approximate surface area is 80.0 Å². The molecule has 0 saturated carbocycles. The minimum atomic E-state index is -0.192. The fourth-order valence-corrected chi connectivity index (χ4v) is 1.16. The average molecular weight is 193 g/mol. The van der Waals surface area contributed by atoms with Crippen molar-refractivity contribution in [1.82, 2.24) is 19.9 Å². The molecule has 74 valence electrons. The highest BCUT2D eigenvalue weighted by Crippen LogP contribution is 2.05. The van der Waals surface area contributed by atoms with E-state index in [1.54, 1.807) is 0 Å². The van der Waals surface area contributed by atoms with E-state index in [0.29, 0.717) is 17.1 Å². The number of nitrogens with one attached hydrogen (secondary N) is 2. The summed E-state index contributed by atoms with van der Waals surface area (Å²) in [5.41, 5.74) is 0.671. The lowest BCUT2D eigenvalue weighted by molar-refractivity contribution is 0.901. The Balaban J connectivity index is 2.64. The van der Waals surface area contributed by atoms with E-state index >= 15 is 0 Å². The third kappa shape index (κ3) is 1.24. The van der Waals surface area contributed by atoms with Crippen molar-refractivity contribution in [2.45, 2.75) is 6.92 Å². The molecule has 0 atom stereocenters. The smallest absolute Gasteiger partial charge is 0.278 e. The van der Waals surface area contributed by atoms with Gasteiger partial charge in [0.2, 0.25) is 5.95 Å². The normalized spacial score (nSPS) is 10.7. The Hall–Kier alpha value is -1.85. The van der Waals surface area contributed by atoms with Crippen molar-refractivity contribution in [2.75, 3.05) is 18.5 Å². The molecular weight excluding hydrogens is 182 g/mol. The molecule has 0 fully saturated rings. The molecule has 0 radical (unpaired) electrons. The van der Waals surface area contributed by atoms with E-state index in [1.807, 2.05) is 18.9 Å². The summed E-state index contributed by atoms with van der Waals surface area (Å²) in [5.74, 6) is 0.539. The summed E-state index contributed by atoms with van der Waals surface area (Å²) in [6.45, 7) is 2.76. The molecule has 0 aliphatic carbocycles. The van der Waals surface area contributed by atoms with Gasteiger partial charge in [-0.1, -0.05) is 0 Å². The number of anilines is 1. The number of hydrogen-bond acceptors (Lipinski definition) is 4. The second kappa shape index (κ2) is 3.13. The third-order valence-corrected chi connectivity index (χ3v) is 2.12. The van der Waals surface area contributed by atoms with Crippen molar-refractivity contribution in [3.05, 3.63) is 16.7 Å². The Morgan fingerprint density at radius 3 is 3.07 bits per heavy atom. The molecule has 0 spiro atoms. The lowest BCUT2D eigenvalue weighted by atomic mass is 10.5. The highest BCUT2D eigenvalue weighted by atomic mass is 16.1. The Morgan fingerprint density at radius 2 is 2.36 bits per heavy atom. The van der Waals surface area contributed by atoms with Gasteiger partial charge in [0.05, 0.1) is 6.33 Å². The molecule has 6 heteroatoms. The van der Waals surface area contributed by atoms with Gasteiger partial charge in [0.15, 0.2) is 11.2 Å².